The Morgan fingerprint density at radius 2 is 2.17 bits per heavy atom. The molecule has 18 heavy (non-hydrogen) atoms. The number of carbonyl (C=O) groups excluding carboxylic acids is 2. The zero-order valence-electron chi connectivity index (χ0n) is 10.4. The summed E-state index contributed by atoms with van der Waals surface area (Å²) in [5.74, 6) is -0.726. The van der Waals surface area contributed by atoms with Gasteiger partial charge in [-0.05, 0) is 31.9 Å². The highest BCUT2D eigenvalue weighted by Gasteiger charge is 2.23. The number of carbonyl (C=O) groups is 2. The average molecular weight is 250 g/mol. The first-order valence-corrected chi connectivity index (χ1v) is 6.31. The number of amides is 1. The van der Waals surface area contributed by atoms with E-state index in [0.717, 1.165) is 25.7 Å². The van der Waals surface area contributed by atoms with Crippen molar-refractivity contribution in [1.82, 2.24) is 10.3 Å². The van der Waals surface area contributed by atoms with Crippen LogP contribution in [0.2, 0.25) is 0 Å². The molecule has 1 heterocycles. The van der Waals surface area contributed by atoms with Gasteiger partial charge in [0.1, 0.15) is 5.69 Å². The molecule has 98 valence electrons. The smallest absolute Gasteiger partial charge is 0.355 e. The van der Waals surface area contributed by atoms with Crippen LogP contribution in [0, 0.1) is 0 Å². The minimum Gasteiger partial charge on any atom is -0.448 e. The second-order valence-electron chi connectivity index (χ2n) is 4.62. The average Bonchev–Trinajstić information content (AvgIpc) is 3.01. The summed E-state index contributed by atoms with van der Waals surface area (Å²) in [6, 6.07) is 3.56. The number of aromatic nitrogens is 1. The van der Waals surface area contributed by atoms with Gasteiger partial charge >= 0.3 is 5.97 Å². The van der Waals surface area contributed by atoms with Crippen LogP contribution in [0.3, 0.4) is 0 Å². The second-order valence-corrected chi connectivity index (χ2v) is 4.62. The SMILES string of the molecule is C[C@@H](OC(=O)c1ccc[nH]1)C(=O)NC1CCCC1. The molecule has 0 aromatic carbocycles. The third-order valence-electron chi connectivity index (χ3n) is 3.17. The highest BCUT2D eigenvalue weighted by molar-refractivity contribution is 5.90. The van der Waals surface area contributed by atoms with E-state index in [0.29, 0.717) is 5.69 Å². The van der Waals surface area contributed by atoms with Gasteiger partial charge in [-0.1, -0.05) is 12.8 Å². The van der Waals surface area contributed by atoms with Crippen LogP contribution in [0.15, 0.2) is 18.3 Å². The van der Waals surface area contributed by atoms with E-state index >= 15 is 0 Å². The highest BCUT2D eigenvalue weighted by atomic mass is 16.5. The number of aromatic amines is 1. The molecule has 0 aliphatic heterocycles. The molecule has 0 radical (unpaired) electrons. The molecule has 0 bridgehead atoms. The van der Waals surface area contributed by atoms with E-state index in [1.807, 2.05) is 0 Å². The maximum absolute atomic E-state index is 11.8. The van der Waals surface area contributed by atoms with Gasteiger partial charge in [0.15, 0.2) is 6.10 Å². The Morgan fingerprint density at radius 1 is 1.44 bits per heavy atom. The predicted octanol–water partition coefficient (Wildman–Crippen LogP) is 1.62. The van der Waals surface area contributed by atoms with Crippen LogP contribution in [0.25, 0.3) is 0 Å². The maximum atomic E-state index is 11.8. The molecule has 1 atom stereocenters. The summed E-state index contributed by atoms with van der Waals surface area (Å²) in [6.07, 6.45) is 5.22. The van der Waals surface area contributed by atoms with Crippen molar-refractivity contribution < 1.29 is 14.3 Å². The van der Waals surface area contributed by atoms with Crippen molar-refractivity contribution in [2.24, 2.45) is 0 Å². The summed E-state index contributed by atoms with van der Waals surface area (Å²) in [7, 11) is 0. The van der Waals surface area contributed by atoms with Crippen molar-refractivity contribution in [3.05, 3.63) is 24.0 Å². The number of nitrogens with one attached hydrogen (secondary N) is 2. The lowest BCUT2D eigenvalue weighted by atomic mass is 10.2. The molecule has 1 aliphatic rings. The Balaban J connectivity index is 1.81. The summed E-state index contributed by atoms with van der Waals surface area (Å²) in [4.78, 5) is 26.2. The Morgan fingerprint density at radius 3 is 2.78 bits per heavy atom. The van der Waals surface area contributed by atoms with Crippen molar-refractivity contribution in [1.29, 1.82) is 0 Å². The molecule has 1 aliphatic carbocycles. The molecule has 1 amide bonds. The first-order valence-electron chi connectivity index (χ1n) is 6.31. The number of rotatable bonds is 4. The fourth-order valence-electron chi connectivity index (χ4n) is 2.12. The fourth-order valence-corrected chi connectivity index (χ4v) is 2.12. The molecule has 1 aromatic heterocycles. The van der Waals surface area contributed by atoms with Crippen LogP contribution < -0.4 is 5.32 Å². The maximum Gasteiger partial charge on any atom is 0.355 e. The fraction of sp³-hybridized carbons (Fsp3) is 0.538. The Bertz CT molecular complexity index is 408. The number of esters is 1. The van der Waals surface area contributed by atoms with Gasteiger partial charge in [-0.15, -0.1) is 0 Å². The van der Waals surface area contributed by atoms with E-state index in [4.69, 9.17) is 4.74 Å². The normalized spacial score (nSPS) is 17.4. The van der Waals surface area contributed by atoms with Crippen molar-refractivity contribution >= 4 is 11.9 Å². The number of H-pyrrole nitrogens is 1. The summed E-state index contributed by atoms with van der Waals surface area (Å²) in [5.41, 5.74) is 0.357. The lowest BCUT2D eigenvalue weighted by molar-refractivity contribution is -0.129. The van der Waals surface area contributed by atoms with Crippen molar-refractivity contribution in [2.75, 3.05) is 0 Å². The van der Waals surface area contributed by atoms with Gasteiger partial charge in [-0.25, -0.2) is 4.79 Å². The quantitative estimate of drug-likeness (QED) is 0.798. The third-order valence-corrected chi connectivity index (χ3v) is 3.17. The van der Waals surface area contributed by atoms with Gasteiger partial charge in [-0.2, -0.15) is 0 Å². The summed E-state index contributed by atoms with van der Waals surface area (Å²) >= 11 is 0. The molecule has 1 aromatic rings. The third kappa shape index (κ3) is 3.12. The summed E-state index contributed by atoms with van der Waals surface area (Å²) in [5, 5.41) is 2.90. The van der Waals surface area contributed by atoms with E-state index in [2.05, 4.69) is 10.3 Å². The molecule has 0 spiro atoms. The minimum atomic E-state index is -0.763. The van der Waals surface area contributed by atoms with Crippen LogP contribution >= 0.6 is 0 Å². The van der Waals surface area contributed by atoms with Gasteiger partial charge in [-0.3, -0.25) is 4.79 Å². The molecule has 0 saturated heterocycles. The molecule has 1 fully saturated rings. The van der Waals surface area contributed by atoms with Crippen LogP contribution in [0.1, 0.15) is 43.1 Å². The molecule has 2 N–H and O–H groups in total. The first kappa shape index (κ1) is 12.7. The van der Waals surface area contributed by atoms with E-state index in [1.165, 1.54) is 0 Å². The Labute approximate surface area is 106 Å². The van der Waals surface area contributed by atoms with E-state index in [9.17, 15) is 9.59 Å². The monoisotopic (exact) mass is 250 g/mol. The van der Waals surface area contributed by atoms with Crippen LogP contribution in [-0.4, -0.2) is 29.0 Å². The van der Waals surface area contributed by atoms with E-state index in [-0.39, 0.29) is 11.9 Å². The number of ether oxygens (including phenoxy) is 1. The van der Waals surface area contributed by atoms with Crippen LogP contribution in [-0.2, 0) is 9.53 Å². The molecular formula is C13H18N2O3. The van der Waals surface area contributed by atoms with Crippen LogP contribution in [0.4, 0.5) is 0 Å². The molecule has 0 unspecified atom stereocenters. The van der Waals surface area contributed by atoms with Crippen LogP contribution in [0.5, 0.6) is 0 Å². The Hall–Kier alpha value is -1.78. The van der Waals surface area contributed by atoms with Gasteiger partial charge in [0.2, 0.25) is 0 Å². The lowest BCUT2D eigenvalue weighted by Gasteiger charge is -2.16. The van der Waals surface area contributed by atoms with E-state index in [1.54, 1.807) is 25.3 Å². The molecule has 2 rings (SSSR count). The topological polar surface area (TPSA) is 71.2 Å². The van der Waals surface area contributed by atoms with Crippen molar-refractivity contribution in [3.8, 4) is 0 Å². The predicted molar refractivity (Wildman–Crippen MR) is 66.1 cm³/mol. The van der Waals surface area contributed by atoms with Gasteiger partial charge in [0.25, 0.3) is 5.91 Å². The first-order chi connectivity index (χ1) is 8.66. The second kappa shape index (κ2) is 5.71. The van der Waals surface area contributed by atoms with Crippen molar-refractivity contribution in [3.63, 3.8) is 0 Å². The standard InChI is InChI=1S/C13H18N2O3/c1-9(12(16)15-10-5-2-3-6-10)18-13(17)11-7-4-8-14-11/h4,7-10,14H,2-3,5-6H2,1H3,(H,15,16)/t9-/m1/s1. The van der Waals surface area contributed by atoms with Gasteiger partial charge < -0.3 is 15.0 Å². The summed E-state index contributed by atoms with van der Waals surface area (Å²) in [6.45, 7) is 1.59. The highest BCUT2D eigenvalue weighted by Crippen LogP contribution is 2.17. The largest absolute Gasteiger partial charge is 0.448 e. The zero-order chi connectivity index (χ0) is 13.0. The van der Waals surface area contributed by atoms with Crippen molar-refractivity contribution in [2.45, 2.75) is 44.8 Å². The molecule has 5 nitrogen and oxygen atoms in total. The summed E-state index contributed by atoms with van der Waals surface area (Å²) < 4.78 is 5.08. The lowest BCUT2D eigenvalue weighted by Crippen LogP contribution is -2.40. The number of hydrogen-bond acceptors (Lipinski definition) is 3. The van der Waals surface area contributed by atoms with Gasteiger partial charge in [0.05, 0.1) is 0 Å². The zero-order valence-corrected chi connectivity index (χ0v) is 10.4. The Kier molecular flexibility index (Phi) is 4.02. The van der Waals surface area contributed by atoms with Gasteiger partial charge in [0, 0.05) is 12.2 Å². The molecular weight excluding hydrogens is 232 g/mol. The van der Waals surface area contributed by atoms with E-state index < -0.39 is 12.1 Å². The molecule has 1 saturated carbocycles. The molecule has 5 heteroatoms. The minimum absolute atomic E-state index is 0.221. The number of hydrogen-bond donors (Lipinski definition) is 2.